The summed E-state index contributed by atoms with van der Waals surface area (Å²) in [6, 6.07) is 13.8. The molecule has 0 spiro atoms. The normalized spacial score (nSPS) is 19.3. The maximum Gasteiger partial charge on any atom is 0.338 e. The molecule has 1 saturated heterocycles. The molecule has 2 N–H and O–H groups in total. The number of carbonyl (C=O) groups is 3. The van der Waals surface area contributed by atoms with E-state index in [1.165, 1.54) is 4.90 Å². The largest absolute Gasteiger partial charge is 0.497 e. The van der Waals surface area contributed by atoms with Gasteiger partial charge in [0.2, 0.25) is 5.91 Å². The quantitative estimate of drug-likeness (QED) is 0.625. The maximum atomic E-state index is 13.0. The van der Waals surface area contributed by atoms with Crippen LogP contribution in [0.2, 0.25) is 0 Å². The SMILES string of the molecule is CCOC(=O)c1cccc(NC(=O)CN2C=CN3NC(c4ccc(OC)cc4)CC3C2=O)c1. The van der Waals surface area contributed by atoms with E-state index in [9.17, 15) is 14.4 Å². The third-order valence-corrected chi connectivity index (χ3v) is 5.56. The summed E-state index contributed by atoms with van der Waals surface area (Å²) in [5.74, 6) is -0.199. The number of amides is 2. The molecule has 2 aliphatic rings. The van der Waals surface area contributed by atoms with Crippen molar-refractivity contribution in [2.45, 2.75) is 25.4 Å². The van der Waals surface area contributed by atoms with Gasteiger partial charge in [-0.15, -0.1) is 0 Å². The van der Waals surface area contributed by atoms with Gasteiger partial charge >= 0.3 is 5.97 Å². The molecule has 4 rings (SSSR count). The number of methoxy groups -OCH3 is 1. The number of hydrogen-bond donors (Lipinski definition) is 2. The summed E-state index contributed by atoms with van der Waals surface area (Å²) in [6.07, 6.45) is 3.94. The molecule has 2 unspecified atom stereocenters. The van der Waals surface area contributed by atoms with Crippen molar-refractivity contribution in [3.05, 3.63) is 72.1 Å². The molecule has 2 aliphatic heterocycles. The predicted molar refractivity (Wildman–Crippen MR) is 121 cm³/mol. The minimum atomic E-state index is -0.456. The summed E-state index contributed by atoms with van der Waals surface area (Å²) in [6.45, 7) is 1.87. The molecule has 9 nitrogen and oxygen atoms in total. The number of esters is 1. The average molecular weight is 450 g/mol. The van der Waals surface area contributed by atoms with Crippen LogP contribution in [0, 0.1) is 0 Å². The van der Waals surface area contributed by atoms with Gasteiger partial charge < -0.3 is 24.7 Å². The molecule has 2 atom stereocenters. The Morgan fingerprint density at radius 1 is 1.15 bits per heavy atom. The second kappa shape index (κ2) is 9.74. The van der Waals surface area contributed by atoms with Gasteiger partial charge in [-0.3, -0.25) is 9.59 Å². The predicted octanol–water partition coefficient (Wildman–Crippen LogP) is 2.44. The van der Waals surface area contributed by atoms with Crippen molar-refractivity contribution in [1.29, 1.82) is 0 Å². The molecule has 0 radical (unpaired) electrons. The standard InChI is InChI=1S/C24H26N4O5/c1-3-33-24(31)17-5-4-6-18(13-17)25-22(29)15-27-11-12-28-21(23(27)30)14-20(26-28)16-7-9-19(32-2)10-8-16/h4-13,20-21,26H,3,14-15H2,1-2H3,(H,25,29). The van der Waals surface area contributed by atoms with Crippen molar-refractivity contribution in [3.8, 4) is 5.75 Å². The zero-order valence-electron chi connectivity index (χ0n) is 18.5. The molecule has 0 aromatic heterocycles. The van der Waals surface area contributed by atoms with E-state index in [1.807, 2.05) is 24.3 Å². The lowest BCUT2D eigenvalue weighted by molar-refractivity contribution is -0.137. The van der Waals surface area contributed by atoms with Crippen LogP contribution in [0.4, 0.5) is 5.69 Å². The lowest BCUT2D eigenvalue weighted by atomic mass is 10.0. The molecule has 172 valence electrons. The van der Waals surface area contributed by atoms with Crippen LogP contribution in [-0.4, -0.2) is 54.0 Å². The number of anilines is 1. The first-order chi connectivity index (χ1) is 16.0. The highest BCUT2D eigenvalue weighted by molar-refractivity contribution is 5.97. The highest BCUT2D eigenvalue weighted by atomic mass is 16.5. The minimum absolute atomic E-state index is 0.0195. The first-order valence-corrected chi connectivity index (χ1v) is 10.7. The number of hydrazine groups is 1. The third-order valence-electron chi connectivity index (χ3n) is 5.56. The molecule has 2 heterocycles. The van der Waals surface area contributed by atoms with Crippen LogP contribution in [0.3, 0.4) is 0 Å². The number of rotatable bonds is 7. The molecule has 2 amide bonds. The molecule has 0 aliphatic carbocycles. The van der Waals surface area contributed by atoms with E-state index in [-0.39, 0.29) is 31.0 Å². The second-order valence-electron chi connectivity index (χ2n) is 7.73. The summed E-state index contributed by atoms with van der Waals surface area (Å²) < 4.78 is 10.2. The highest BCUT2D eigenvalue weighted by Crippen LogP contribution is 2.31. The molecule has 2 aromatic carbocycles. The van der Waals surface area contributed by atoms with Crippen LogP contribution < -0.4 is 15.5 Å². The van der Waals surface area contributed by atoms with Gasteiger partial charge in [-0.2, -0.15) is 0 Å². The fourth-order valence-corrected chi connectivity index (χ4v) is 3.91. The Balaban J connectivity index is 1.36. The average Bonchev–Trinajstić information content (AvgIpc) is 3.26. The first kappa shape index (κ1) is 22.3. The summed E-state index contributed by atoms with van der Waals surface area (Å²) in [7, 11) is 1.62. The van der Waals surface area contributed by atoms with E-state index in [0.717, 1.165) is 11.3 Å². The van der Waals surface area contributed by atoms with Crippen LogP contribution >= 0.6 is 0 Å². The van der Waals surface area contributed by atoms with E-state index < -0.39 is 12.0 Å². The first-order valence-electron chi connectivity index (χ1n) is 10.7. The van der Waals surface area contributed by atoms with E-state index in [4.69, 9.17) is 9.47 Å². The number of nitrogens with one attached hydrogen (secondary N) is 2. The Morgan fingerprint density at radius 3 is 2.67 bits per heavy atom. The number of fused-ring (bicyclic) bond motifs is 1. The smallest absolute Gasteiger partial charge is 0.338 e. The molecular weight excluding hydrogens is 424 g/mol. The van der Waals surface area contributed by atoms with Crippen LogP contribution in [0.15, 0.2) is 60.9 Å². The van der Waals surface area contributed by atoms with Crippen LogP contribution in [0.5, 0.6) is 5.75 Å². The van der Waals surface area contributed by atoms with Gasteiger partial charge in [0.15, 0.2) is 0 Å². The minimum Gasteiger partial charge on any atom is -0.497 e. The Morgan fingerprint density at radius 2 is 1.94 bits per heavy atom. The maximum absolute atomic E-state index is 13.0. The van der Waals surface area contributed by atoms with Gasteiger partial charge in [0, 0.05) is 18.1 Å². The zero-order valence-corrected chi connectivity index (χ0v) is 18.5. The van der Waals surface area contributed by atoms with E-state index in [0.29, 0.717) is 17.7 Å². The Bertz CT molecular complexity index is 1070. The Hall–Kier alpha value is -3.85. The van der Waals surface area contributed by atoms with Crippen LogP contribution in [0.1, 0.15) is 35.3 Å². The zero-order chi connectivity index (χ0) is 23.4. The number of carbonyl (C=O) groups excluding carboxylic acids is 3. The molecule has 2 aromatic rings. The molecule has 9 heteroatoms. The fraction of sp³-hybridized carbons (Fsp3) is 0.292. The molecule has 0 saturated carbocycles. The van der Waals surface area contributed by atoms with E-state index in [1.54, 1.807) is 55.7 Å². The van der Waals surface area contributed by atoms with E-state index >= 15 is 0 Å². The van der Waals surface area contributed by atoms with Crippen LogP contribution in [0.25, 0.3) is 0 Å². The molecular formula is C24H26N4O5. The summed E-state index contributed by atoms with van der Waals surface area (Å²) >= 11 is 0. The molecule has 33 heavy (non-hydrogen) atoms. The highest BCUT2D eigenvalue weighted by Gasteiger charge is 2.40. The van der Waals surface area contributed by atoms with Crippen molar-refractivity contribution in [1.82, 2.24) is 15.3 Å². The second-order valence-corrected chi connectivity index (χ2v) is 7.73. The lowest BCUT2D eigenvalue weighted by Crippen LogP contribution is -2.49. The fourth-order valence-electron chi connectivity index (χ4n) is 3.91. The summed E-state index contributed by atoms with van der Waals surface area (Å²) in [4.78, 5) is 38.9. The van der Waals surface area contributed by atoms with Gasteiger partial charge in [0.05, 0.1) is 25.3 Å². The van der Waals surface area contributed by atoms with Crippen molar-refractivity contribution in [3.63, 3.8) is 0 Å². The summed E-state index contributed by atoms with van der Waals surface area (Å²) in [5, 5.41) is 4.52. The number of nitrogens with zero attached hydrogens (tertiary/aromatic N) is 2. The number of ether oxygens (including phenoxy) is 2. The van der Waals surface area contributed by atoms with E-state index in [2.05, 4.69) is 10.7 Å². The van der Waals surface area contributed by atoms with Gasteiger partial charge in [-0.05, 0) is 49.2 Å². The number of hydrogen-bond acceptors (Lipinski definition) is 7. The summed E-state index contributed by atoms with van der Waals surface area (Å²) in [5.41, 5.74) is 5.19. The van der Waals surface area contributed by atoms with Crippen molar-refractivity contribution >= 4 is 23.5 Å². The third kappa shape index (κ3) is 4.98. The van der Waals surface area contributed by atoms with Crippen molar-refractivity contribution < 1.29 is 23.9 Å². The van der Waals surface area contributed by atoms with Gasteiger partial charge in [-0.25, -0.2) is 10.2 Å². The van der Waals surface area contributed by atoms with Gasteiger partial charge in [-0.1, -0.05) is 18.2 Å². The van der Waals surface area contributed by atoms with Crippen molar-refractivity contribution in [2.75, 3.05) is 25.6 Å². The van der Waals surface area contributed by atoms with Crippen LogP contribution in [-0.2, 0) is 14.3 Å². The monoisotopic (exact) mass is 450 g/mol. The number of benzene rings is 2. The van der Waals surface area contributed by atoms with Crippen molar-refractivity contribution in [2.24, 2.45) is 0 Å². The Kier molecular flexibility index (Phi) is 6.60. The molecule has 1 fully saturated rings. The topological polar surface area (TPSA) is 100 Å². The molecule has 0 bridgehead atoms. The lowest BCUT2D eigenvalue weighted by Gasteiger charge is -2.31. The Labute approximate surface area is 191 Å². The van der Waals surface area contributed by atoms with Gasteiger partial charge in [0.25, 0.3) is 5.91 Å². The van der Waals surface area contributed by atoms with Gasteiger partial charge in [0.1, 0.15) is 18.3 Å².